The molecule has 1 aromatic carbocycles. The third-order valence-electron chi connectivity index (χ3n) is 3.65. The van der Waals surface area contributed by atoms with E-state index in [1.807, 2.05) is 49.0 Å². The largest absolute Gasteiger partial charge is 0.418 e. The average molecular weight is 327 g/mol. The second-order valence-electron chi connectivity index (χ2n) is 5.66. The molecule has 1 atom stereocenters. The summed E-state index contributed by atoms with van der Waals surface area (Å²) in [6.07, 6.45) is 3.69. The number of aromatic nitrogens is 4. The molecule has 2 heterocycles. The Bertz CT molecular complexity index is 778. The molecule has 0 saturated heterocycles. The first-order valence-corrected chi connectivity index (χ1v) is 7.84. The summed E-state index contributed by atoms with van der Waals surface area (Å²) in [6, 6.07) is 7.89. The zero-order chi connectivity index (χ0) is 16.9. The van der Waals surface area contributed by atoms with Crippen LogP contribution < -0.4 is 5.32 Å². The van der Waals surface area contributed by atoms with Gasteiger partial charge in [0.15, 0.2) is 0 Å². The predicted molar refractivity (Wildman–Crippen MR) is 90.6 cm³/mol. The zero-order valence-electron chi connectivity index (χ0n) is 14.1. The van der Waals surface area contributed by atoms with Gasteiger partial charge in [0.1, 0.15) is 6.04 Å². The van der Waals surface area contributed by atoms with Gasteiger partial charge in [0.2, 0.25) is 11.8 Å². The van der Waals surface area contributed by atoms with Gasteiger partial charge in [-0.3, -0.25) is 4.68 Å². The fraction of sp³-hybridized carbons (Fsp3) is 0.353. The molecule has 1 N–H and O–H groups in total. The van der Waals surface area contributed by atoms with E-state index >= 15 is 0 Å². The van der Waals surface area contributed by atoms with E-state index in [-0.39, 0.29) is 6.04 Å². The maximum Gasteiger partial charge on any atom is 0.247 e. The number of rotatable bonds is 7. The van der Waals surface area contributed by atoms with Crippen molar-refractivity contribution in [2.24, 2.45) is 0 Å². The first-order valence-electron chi connectivity index (χ1n) is 7.84. The minimum atomic E-state index is -0.114. The van der Waals surface area contributed by atoms with Crippen molar-refractivity contribution in [3.05, 3.63) is 48.1 Å². The van der Waals surface area contributed by atoms with Gasteiger partial charge in [-0.05, 0) is 26.0 Å². The normalized spacial score (nSPS) is 12.3. The molecule has 0 saturated carbocycles. The lowest BCUT2D eigenvalue weighted by molar-refractivity contribution is 0.183. The molecule has 0 radical (unpaired) electrons. The molecule has 0 bridgehead atoms. The molecule has 0 fully saturated rings. The standard InChI is InChI=1S/C17H21N5O2/c1-12-4-6-14(7-5-12)17-21-20-16(24-17)13(2)19-15-10-18-22(11-15)8-9-23-3/h4-7,10-11,13,19H,8-9H2,1-3H3. The number of methoxy groups -OCH3 is 1. The van der Waals surface area contributed by atoms with E-state index in [1.165, 1.54) is 5.56 Å². The predicted octanol–water partition coefficient (Wildman–Crippen LogP) is 3.06. The van der Waals surface area contributed by atoms with Crippen molar-refractivity contribution >= 4 is 5.69 Å². The summed E-state index contributed by atoms with van der Waals surface area (Å²) < 4.78 is 12.6. The Balaban J connectivity index is 1.66. The first kappa shape index (κ1) is 16.2. The van der Waals surface area contributed by atoms with E-state index in [2.05, 4.69) is 20.6 Å². The summed E-state index contributed by atoms with van der Waals surface area (Å²) in [7, 11) is 1.67. The van der Waals surface area contributed by atoms with Crippen molar-refractivity contribution in [2.75, 3.05) is 19.0 Å². The van der Waals surface area contributed by atoms with Crippen LogP contribution in [0.4, 0.5) is 5.69 Å². The highest BCUT2D eigenvalue weighted by atomic mass is 16.5. The number of ether oxygens (including phenoxy) is 1. The van der Waals surface area contributed by atoms with Crippen LogP contribution in [-0.4, -0.2) is 33.7 Å². The third-order valence-corrected chi connectivity index (χ3v) is 3.65. The number of hydrogen-bond acceptors (Lipinski definition) is 6. The van der Waals surface area contributed by atoms with Gasteiger partial charge in [0.05, 0.1) is 25.0 Å². The van der Waals surface area contributed by atoms with Crippen LogP contribution in [0.1, 0.15) is 24.4 Å². The van der Waals surface area contributed by atoms with Gasteiger partial charge in [-0.1, -0.05) is 17.7 Å². The number of hydrogen-bond donors (Lipinski definition) is 1. The molecule has 0 spiro atoms. The molecule has 24 heavy (non-hydrogen) atoms. The van der Waals surface area contributed by atoms with Crippen molar-refractivity contribution in [2.45, 2.75) is 26.4 Å². The second-order valence-corrected chi connectivity index (χ2v) is 5.66. The maximum absolute atomic E-state index is 5.78. The summed E-state index contributed by atoms with van der Waals surface area (Å²) in [5, 5.41) is 15.8. The van der Waals surface area contributed by atoms with Gasteiger partial charge >= 0.3 is 0 Å². The average Bonchev–Trinajstić information content (AvgIpc) is 3.23. The molecule has 0 aliphatic rings. The van der Waals surface area contributed by atoms with Crippen LogP contribution >= 0.6 is 0 Å². The lowest BCUT2D eigenvalue weighted by atomic mass is 10.1. The van der Waals surface area contributed by atoms with E-state index in [4.69, 9.17) is 9.15 Å². The van der Waals surface area contributed by atoms with Crippen LogP contribution in [0.5, 0.6) is 0 Å². The molecular weight excluding hydrogens is 306 g/mol. The van der Waals surface area contributed by atoms with E-state index in [9.17, 15) is 0 Å². The molecule has 1 unspecified atom stereocenters. The Labute approximate surface area is 140 Å². The fourth-order valence-corrected chi connectivity index (χ4v) is 2.28. The highest BCUT2D eigenvalue weighted by Gasteiger charge is 2.15. The summed E-state index contributed by atoms with van der Waals surface area (Å²) in [5.74, 6) is 1.06. The Morgan fingerprint density at radius 3 is 2.79 bits per heavy atom. The molecule has 7 nitrogen and oxygen atoms in total. The van der Waals surface area contributed by atoms with Crippen molar-refractivity contribution in [3.63, 3.8) is 0 Å². The van der Waals surface area contributed by atoms with Gasteiger partial charge < -0.3 is 14.5 Å². The van der Waals surface area contributed by atoms with Gasteiger partial charge in [-0.2, -0.15) is 5.10 Å². The van der Waals surface area contributed by atoms with Crippen molar-refractivity contribution in [1.82, 2.24) is 20.0 Å². The van der Waals surface area contributed by atoms with Crippen LogP contribution in [0.3, 0.4) is 0 Å². The molecule has 2 aromatic heterocycles. The summed E-state index contributed by atoms with van der Waals surface area (Å²) in [5.41, 5.74) is 3.01. The lowest BCUT2D eigenvalue weighted by Gasteiger charge is -2.08. The number of anilines is 1. The summed E-state index contributed by atoms with van der Waals surface area (Å²) in [4.78, 5) is 0. The Morgan fingerprint density at radius 2 is 2.04 bits per heavy atom. The molecule has 7 heteroatoms. The number of benzene rings is 1. The molecule has 126 valence electrons. The second kappa shape index (κ2) is 7.27. The van der Waals surface area contributed by atoms with Crippen LogP contribution in [0.2, 0.25) is 0 Å². The first-order chi connectivity index (χ1) is 11.7. The van der Waals surface area contributed by atoms with E-state index in [1.54, 1.807) is 13.3 Å². The van der Waals surface area contributed by atoms with E-state index < -0.39 is 0 Å². The minimum Gasteiger partial charge on any atom is -0.418 e. The van der Waals surface area contributed by atoms with Crippen LogP contribution in [0, 0.1) is 6.92 Å². The van der Waals surface area contributed by atoms with Gasteiger partial charge in [-0.15, -0.1) is 10.2 Å². The summed E-state index contributed by atoms with van der Waals surface area (Å²) >= 11 is 0. The molecule has 0 aliphatic heterocycles. The zero-order valence-corrected chi connectivity index (χ0v) is 14.1. The molecule has 3 rings (SSSR count). The number of nitrogens with zero attached hydrogens (tertiary/aromatic N) is 4. The van der Waals surface area contributed by atoms with Crippen LogP contribution in [-0.2, 0) is 11.3 Å². The van der Waals surface area contributed by atoms with Crippen LogP contribution in [0.15, 0.2) is 41.1 Å². The van der Waals surface area contributed by atoms with E-state index in [0.717, 1.165) is 11.3 Å². The molecular formula is C17H21N5O2. The van der Waals surface area contributed by atoms with Gasteiger partial charge in [0.25, 0.3) is 0 Å². The fourth-order valence-electron chi connectivity index (χ4n) is 2.28. The Hall–Kier alpha value is -2.67. The van der Waals surface area contributed by atoms with Crippen molar-refractivity contribution in [1.29, 1.82) is 0 Å². The lowest BCUT2D eigenvalue weighted by Crippen LogP contribution is -2.07. The highest BCUT2D eigenvalue weighted by Crippen LogP contribution is 2.23. The number of nitrogens with one attached hydrogen (secondary N) is 1. The Kier molecular flexibility index (Phi) is 4.90. The minimum absolute atomic E-state index is 0.114. The van der Waals surface area contributed by atoms with Crippen molar-refractivity contribution in [3.8, 4) is 11.5 Å². The van der Waals surface area contributed by atoms with Gasteiger partial charge in [0, 0.05) is 18.9 Å². The van der Waals surface area contributed by atoms with Crippen LogP contribution in [0.25, 0.3) is 11.5 Å². The van der Waals surface area contributed by atoms with Crippen molar-refractivity contribution < 1.29 is 9.15 Å². The quantitative estimate of drug-likeness (QED) is 0.718. The smallest absolute Gasteiger partial charge is 0.247 e. The Morgan fingerprint density at radius 1 is 1.25 bits per heavy atom. The maximum atomic E-state index is 5.78. The topological polar surface area (TPSA) is 78.0 Å². The SMILES string of the molecule is COCCn1cc(NC(C)c2nnc(-c3ccc(C)cc3)o2)cn1. The molecule has 3 aromatic rings. The monoisotopic (exact) mass is 327 g/mol. The van der Waals surface area contributed by atoms with Gasteiger partial charge in [-0.25, -0.2) is 0 Å². The third kappa shape index (κ3) is 3.80. The molecule has 0 aliphatic carbocycles. The number of aryl methyl sites for hydroxylation is 1. The van der Waals surface area contributed by atoms with E-state index in [0.29, 0.717) is 24.9 Å². The molecule has 0 amide bonds. The summed E-state index contributed by atoms with van der Waals surface area (Å²) in [6.45, 7) is 5.35. The highest BCUT2D eigenvalue weighted by molar-refractivity contribution is 5.53.